The van der Waals surface area contributed by atoms with E-state index in [9.17, 15) is 27.9 Å². The van der Waals surface area contributed by atoms with Gasteiger partial charge in [-0.15, -0.1) is 11.8 Å². The van der Waals surface area contributed by atoms with Gasteiger partial charge in [0, 0.05) is 36.1 Å². The summed E-state index contributed by atoms with van der Waals surface area (Å²) >= 11 is 13.4. The molecule has 3 atom stereocenters. The fraction of sp³-hybridized carbons (Fsp3) is 0.464. The molecule has 0 bridgehead atoms. The minimum atomic E-state index is -4.24. The molecule has 0 aromatic heterocycles. The second-order valence-corrected chi connectivity index (χ2v) is 14.5. The molecule has 0 saturated carbocycles. The molecule has 1 unspecified atom stereocenters. The number of aliphatic hydroxyl groups excluding tert-OH is 1. The van der Waals surface area contributed by atoms with Gasteiger partial charge in [-0.3, -0.25) is 14.4 Å². The Bertz CT molecular complexity index is 1410. The van der Waals surface area contributed by atoms with E-state index in [-0.39, 0.29) is 64.1 Å². The molecule has 1 saturated heterocycles. The van der Waals surface area contributed by atoms with E-state index in [4.69, 9.17) is 23.2 Å². The molecule has 4 rings (SSSR count). The van der Waals surface area contributed by atoms with Crippen molar-refractivity contribution in [3.8, 4) is 0 Å². The van der Waals surface area contributed by atoms with Gasteiger partial charge < -0.3 is 20.2 Å². The molecule has 2 aliphatic rings. The molecule has 0 aliphatic carbocycles. The van der Waals surface area contributed by atoms with Crippen LogP contribution in [0.25, 0.3) is 0 Å². The Kier molecular flexibility index (Phi) is 10.8. The van der Waals surface area contributed by atoms with Crippen LogP contribution in [0.2, 0.25) is 10.0 Å². The van der Waals surface area contributed by atoms with Crippen molar-refractivity contribution in [2.45, 2.75) is 53.8 Å². The second kappa shape index (κ2) is 14.0. The molecule has 2 aromatic rings. The molecule has 3 amide bonds. The van der Waals surface area contributed by atoms with Crippen LogP contribution < -0.4 is 10.0 Å². The number of hydrogen-bond acceptors (Lipinski definition) is 7. The molecule has 1 fully saturated rings. The van der Waals surface area contributed by atoms with Gasteiger partial charge in [0.2, 0.25) is 27.7 Å². The van der Waals surface area contributed by atoms with E-state index >= 15 is 0 Å². The number of fused-ring (bicyclic) bond motifs is 1. The van der Waals surface area contributed by atoms with E-state index < -0.39 is 34.6 Å². The van der Waals surface area contributed by atoms with Gasteiger partial charge in [-0.2, -0.15) is 4.72 Å². The smallest absolute Gasteiger partial charge is 0.245 e. The topological polar surface area (TPSA) is 136 Å². The number of amides is 3. The highest BCUT2D eigenvalue weighted by molar-refractivity contribution is 8.01. The Labute approximate surface area is 260 Å². The van der Waals surface area contributed by atoms with E-state index in [0.29, 0.717) is 12.8 Å². The van der Waals surface area contributed by atoms with Crippen molar-refractivity contribution in [1.82, 2.24) is 19.8 Å². The molecule has 228 valence electrons. The number of halogens is 2. The Morgan fingerprint density at radius 3 is 2.19 bits per heavy atom. The maximum absolute atomic E-state index is 13.5. The molecular formula is C28H34Cl2N4O6S2. The van der Waals surface area contributed by atoms with Crippen LogP contribution in [0.15, 0.2) is 52.3 Å². The predicted octanol–water partition coefficient (Wildman–Crippen LogP) is 2.55. The molecule has 2 heterocycles. The summed E-state index contributed by atoms with van der Waals surface area (Å²) in [5.74, 6) is -0.865. The number of sulfonamides is 1. The number of hydrogen-bond donors (Lipinski definition) is 3. The van der Waals surface area contributed by atoms with Gasteiger partial charge in [-0.25, -0.2) is 8.42 Å². The van der Waals surface area contributed by atoms with Gasteiger partial charge in [-0.1, -0.05) is 55.2 Å². The van der Waals surface area contributed by atoms with E-state index in [1.54, 1.807) is 4.90 Å². The molecule has 3 N–H and O–H groups in total. The highest BCUT2D eigenvalue weighted by atomic mass is 35.5. The Morgan fingerprint density at radius 1 is 1.00 bits per heavy atom. The third-order valence-corrected chi connectivity index (χ3v) is 10.6. The lowest BCUT2D eigenvalue weighted by Gasteiger charge is -2.38. The van der Waals surface area contributed by atoms with Crippen molar-refractivity contribution in [1.29, 1.82) is 0 Å². The molecule has 0 spiro atoms. The Balaban J connectivity index is 1.35. The van der Waals surface area contributed by atoms with Crippen molar-refractivity contribution in [2.75, 3.05) is 32.8 Å². The molecule has 2 aliphatic heterocycles. The molecular weight excluding hydrogens is 623 g/mol. The summed E-state index contributed by atoms with van der Waals surface area (Å²) < 4.78 is 27.9. The first-order valence-electron chi connectivity index (χ1n) is 13.6. The summed E-state index contributed by atoms with van der Waals surface area (Å²) in [6, 6.07) is 9.58. The molecule has 0 radical (unpaired) electrons. The van der Waals surface area contributed by atoms with Crippen molar-refractivity contribution in [3.05, 3.63) is 58.1 Å². The lowest BCUT2D eigenvalue weighted by atomic mass is 10.0. The monoisotopic (exact) mass is 656 g/mol. The third-order valence-electron chi connectivity index (χ3n) is 7.13. The first-order valence-corrected chi connectivity index (χ1v) is 16.7. The lowest BCUT2D eigenvalue weighted by Crippen LogP contribution is -2.59. The zero-order valence-corrected chi connectivity index (χ0v) is 26.4. The number of aliphatic hydroxyl groups is 1. The summed E-state index contributed by atoms with van der Waals surface area (Å²) in [5.41, 5.74) is 1.12. The third kappa shape index (κ3) is 7.78. The van der Waals surface area contributed by atoms with Gasteiger partial charge in [-0.05, 0) is 48.6 Å². The van der Waals surface area contributed by atoms with Crippen molar-refractivity contribution in [2.24, 2.45) is 5.92 Å². The van der Waals surface area contributed by atoms with Crippen molar-refractivity contribution < 1.29 is 27.9 Å². The predicted molar refractivity (Wildman–Crippen MR) is 162 cm³/mol. The zero-order chi connectivity index (χ0) is 30.6. The summed E-state index contributed by atoms with van der Waals surface area (Å²) in [6.45, 7) is 3.88. The van der Waals surface area contributed by atoms with Gasteiger partial charge in [0.25, 0.3) is 0 Å². The average molecular weight is 658 g/mol. The number of carbonyl (C=O) groups is 3. The van der Waals surface area contributed by atoms with Crippen LogP contribution in [0.1, 0.15) is 25.8 Å². The maximum atomic E-state index is 13.5. The average Bonchev–Trinajstić information content (AvgIpc) is 3.39. The molecule has 2 aromatic carbocycles. The van der Waals surface area contributed by atoms with Crippen LogP contribution >= 0.6 is 35.0 Å². The van der Waals surface area contributed by atoms with Crippen LogP contribution in [-0.2, 0) is 30.8 Å². The summed E-state index contributed by atoms with van der Waals surface area (Å²) in [7, 11) is -4.24. The van der Waals surface area contributed by atoms with Crippen molar-refractivity contribution >= 4 is 62.7 Å². The standard InChI is InChI=1S/C28H34Cl2N4O6S2/c1-17(2)13-21(31-26(36)24-14-18-5-3-4-6-23(18)41-24)27(37)33-9-11-34(12-10-33)28(38)22(16-35)32-42(39,40)25-8-7-19(29)15-20(25)30/h3-8,15,17,21-22,24,32,35H,9-14,16H2,1-2H3,(H,31,36)/t21-,22-,24?/m0/s1. The summed E-state index contributed by atoms with van der Waals surface area (Å²) in [5, 5.41) is 12.6. The second-order valence-electron chi connectivity index (χ2n) is 10.7. The van der Waals surface area contributed by atoms with Crippen LogP contribution in [0, 0.1) is 5.92 Å². The van der Waals surface area contributed by atoms with Crippen LogP contribution in [-0.4, -0.2) is 91.2 Å². The number of benzene rings is 2. The van der Waals surface area contributed by atoms with Gasteiger partial charge >= 0.3 is 0 Å². The van der Waals surface area contributed by atoms with E-state index in [1.165, 1.54) is 34.9 Å². The van der Waals surface area contributed by atoms with Crippen LogP contribution in [0.3, 0.4) is 0 Å². The summed E-state index contributed by atoms with van der Waals surface area (Å²) in [4.78, 5) is 43.6. The van der Waals surface area contributed by atoms with Gasteiger partial charge in [0.15, 0.2) is 0 Å². The Hall–Kier alpha value is -2.35. The number of rotatable bonds is 10. The Morgan fingerprint density at radius 2 is 1.62 bits per heavy atom. The minimum Gasteiger partial charge on any atom is -0.394 e. The van der Waals surface area contributed by atoms with E-state index in [2.05, 4.69) is 10.0 Å². The number of piperazine rings is 1. The molecule has 14 heteroatoms. The first-order chi connectivity index (χ1) is 19.9. The number of carbonyl (C=O) groups excluding carboxylic acids is 3. The van der Waals surface area contributed by atoms with E-state index in [1.807, 2.05) is 38.1 Å². The quantitative estimate of drug-likeness (QED) is 0.358. The number of thioether (sulfide) groups is 1. The fourth-order valence-corrected chi connectivity index (χ4v) is 8.14. The van der Waals surface area contributed by atoms with Gasteiger partial charge in [0.05, 0.1) is 16.9 Å². The normalized spacial score (nSPS) is 18.5. The summed E-state index contributed by atoms with van der Waals surface area (Å²) in [6.07, 6.45) is 1.08. The van der Waals surface area contributed by atoms with Crippen LogP contribution in [0.5, 0.6) is 0 Å². The highest BCUT2D eigenvalue weighted by Crippen LogP contribution is 2.37. The molecule has 42 heavy (non-hydrogen) atoms. The number of nitrogens with one attached hydrogen (secondary N) is 2. The maximum Gasteiger partial charge on any atom is 0.245 e. The molecule has 10 nitrogen and oxygen atoms in total. The zero-order valence-electron chi connectivity index (χ0n) is 23.3. The lowest BCUT2D eigenvalue weighted by molar-refractivity contribution is -0.143. The first kappa shape index (κ1) is 32.6. The van der Waals surface area contributed by atoms with Gasteiger partial charge in [0.1, 0.15) is 17.0 Å². The number of nitrogens with zero attached hydrogens (tertiary/aromatic N) is 2. The van der Waals surface area contributed by atoms with E-state index in [0.717, 1.165) is 10.5 Å². The van der Waals surface area contributed by atoms with Crippen LogP contribution in [0.4, 0.5) is 0 Å². The highest BCUT2D eigenvalue weighted by Gasteiger charge is 2.36. The largest absolute Gasteiger partial charge is 0.394 e. The van der Waals surface area contributed by atoms with Crippen molar-refractivity contribution in [3.63, 3.8) is 0 Å². The minimum absolute atomic E-state index is 0.120. The SMILES string of the molecule is CC(C)C[C@H](NC(=O)C1Cc2ccccc2S1)C(=O)N1CCN(C(=O)[C@H](CO)NS(=O)(=O)c2ccc(Cl)cc2Cl)CC1. The fourth-order valence-electron chi connectivity index (χ4n) is 4.98.